The van der Waals surface area contributed by atoms with Crippen LogP contribution in [0.3, 0.4) is 0 Å². The minimum Gasteiger partial charge on any atom is -0.504 e. The van der Waals surface area contributed by atoms with Gasteiger partial charge < -0.3 is 14.6 Å². The number of ether oxygens (including phenoxy) is 2. The van der Waals surface area contributed by atoms with Gasteiger partial charge in [0.25, 0.3) is 0 Å². The average molecular weight is 547 g/mol. The van der Waals surface area contributed by atoms with Crippen molar-refractivity contribution < 1.29 is 32.5 Å². The molecule has 0 bridgehead atoms. The molecule has 2 aromatic rings. The number of phenols is 1. The lowest BCUT2D eigenvalue weighted by atomic mass is 9.77. The standard InChI is InChI=1S/C32H41F3O4/c1-3-5-21-6-10-23(11-7-21)24-12-16-26(17-13-24)39-32(34,35)25-14-8-22(9-15-25)20-28(36)27-18-19-29(38-4-2)30(33)31(27)37/h12-13,16-19,21-23,25,37H,3-11,14-15,20H2,1-2H3. The summed E-state index contributed by atoms with van der Waals surface area (Å²) >= 11 is 0. The number of benzene rings is 2. The molecule has 4 nitrogen and oxygen atoms in total. The van der Waals surface area contributed by atoms with Crippen LogP contribution >= 0.6 is 0 Å². The van der Waals surface area contributed by atoms with Crippen molar-refractivity contribution in [1.29, 1.82) is 0 Å². The Morgan fingerprint density at radius 1 is 0.923 bits per heavy atom. The largest absolute Gasteiger partial charge is 0.504 e. The Morgan fingerprint density at radius 2 is 1.56 bits per heavy atom. The third-order valence-corrected chi connectivity index (χ3v) is 8.63. The van der Waals surface area contributed by atoms with Crippen LogP contribution in [0.1, 0.15) is 106 Å². The lowest BCUT2D eigenvalue weighted by molar-refractivity contribution is -0.223. The average Bonchev–Trinajstić information content (AvgIpc) is 2.93. The first kappa shape index (κ1) is 29.3. The zero-order valence-corrected chi connectivity index (χ0v) is 23.1. The quantitative estimate of drug-likeness (QED) is 0.286. The van der Waals surface area contributed by atoms with E-state index in [0.717, 1.165) is 18.8 Å². The minimum absolute atomic E-state index is 0.0714. The Kier molecular flexibility index (Phi) is 9.84. The lowest BCUT2D eigenvalue weighted by Gasteiger charge is -2.33. The monoisotopic (exact) mass is 546 g/mol. The van der Waals surface area contributed by atoms with Gasteiger partial charge in [0.05, 0.1) is 18.1 Å². The molecule has 0 unspecified atom stereocenters. The van der Waals surface area contributed by atoms with E-state index in [1.807, 2.05) is 12.1 Å². The lowest BCUT2D eigenvalue weighted by Crippen LogP contribution is -2.37. The predicted octanol–water partition coefficient (Wildman–Crippen LogP) is 9.05. The SMILES string of the molecule is CCCC1CCC(c2ccc(OC(F)(F)C3CCC(CC(=O)c4ccc(OCC)c(F)c4O)CC3)cc2)CC1. The van der Waals surface area contributed by atoms with Crippen molar-refractivity contribution in [2.45, 2.75) is 96.5 Å². The molecule has 2 aliphatic rings. The number of phenolic OH excluding ortho intramolecular Hbond substituents is 1. The molecule has 39 heavy (non-hydrogen) atoms. The topological polar surface area (TPSA) is 55.8 Å². The third kappa shape index (κ3) is 7.29. The molecule has 0 saturated heterocycles. The van der Waals surface area contributed by atoms with Crippen LogP contribution in [0.2, 0.25) is 0 Å². The molecule has 2 aliphatic carbocycles. The molecular weight excluding hydrogens is 505 g/mol. The molecule has 2 saturated carbocycles. The van der Waals surface area contributed by atoms with Gasteiger partial charge in [0, 0.05) is 6.42 Å². The summed E-state index contributed by atoms with van der Waals surface area (Å²) in [5, 5.41) is 10.1. The molecule has 0 aliphatic heterocycles. The first-order chi connectivity index (χ1) is 18.7. The van der Waals surface area contributed by atoms with Crippen molar-refractivity contribution in [2.24, 2.45) is 17.8 Å². The van der Waals surface area contributed by atoms with Crippen molar-refractivity contribution in [3.63, 3.8) is 0 Å². The van der Waals surface area contributed by atoms with Gasteiger partial charge in [0.2, 0.25) is 5.82 Å². The Hall–Kier alpha value is -2.70. The van der Waals surface area contributed by atoms with E-state index in [1.54, 1.807) is 19.1 Å². The Labute approximate surface area is 229 Å². The highest BCUT2D eigenvalue weighted by Crippen LogP contribution is 2.42. The molecule has 1 N–H and O–H groups in total. The Bertz CT molecular complexity index is 1090. The van der Waals surface area contributed by atoms with Crippen molar-refractivity contribution in [1.82, 2.24) is 0 Å². The molecule has 4 rings (SSSR count). The van der Waals surface area contributed by atoms with Crippen LogP contribution in [-0.4, -0.2) is 23.6 Å². The second-order valence-corrected chi connectivity index (χ2v) is 11.3. The fourth-order valence-corrected chi connectivity index (χ4v) is 6.35. The maximum atomic E-state index is 15.0. The number of carbonyl (C=O) groups excluding carboxylic acids is 1. The summed E-state index contributed by atoms with van der Waals surface area (Å²) in [6.45, 7) is 4.15. The zero-order valence-electron chi connectivity index (χ0n) is 23.1. The summed E-state index contributed by atoms with van der Waals surface area (Å²) in [6, 6.07) is 9.85. The summed E-state index contributed by atoms with van der Waals surface area (Å²) in [6.07, 6.45) is 5.41. The molecule has 2 aromatic carbocycles. The number of alkyl halides is 2. The summed E-state index contributed by atoms with van der Waals surface area (Å²) in [4.78, 5) is 12.7. The molecule has 0 atom stereocenters. The second-order valence-electron chi connectivity index (χ2n) is 11.3. The highest BCUT2D eigenvalue weighted by Gasteiger charge is 2.44. The van der Waals surface area contributed by atoms with Crippen molar-refractivity contribution >= 4 is 5.78 Å². The molecule has 2 fully saturated rings. The van der Waals surface area contributed by atoms with Gasteiger partial charge in [0.15, 0.2) is 17.3 Å². The summed E-state index contributed by atoms with van der Waals surface area (Å²) < 4.78 is 54.7. The normalized spacial score (nSPS) is 23.8. The van der Waals surface area contributed by atoms with E-state index < -0.39 is 29.4 Å². The highest BCUT2D eigenvalue weighted by atomic mass is 19.3. The summed E-state index contributed by atoms with van der Waals surface area (Å²) in [5.41, 5.74) is 1.09. The maximum Gasteiger partial charge on any atom is 0.400 e. The molecule has 0 aromatic heterocycles. The number of ketones is 1. The van der Waals surface area contributed by atoms with Gasteiger partial charge in [-0.25, -0.2) is 0 Å². The van der Waals surface area contributed by atoms with E-state index in [9.17, 15) is 14.3 Å². The van der Waals surface area contributed by atoms with Gasteiger partial charge in [-0.1, -0.05) is 31.9 Å². The van der Waals surface area contributed by atoms with E-state index in [4.69, 9.17) is 9.47 Å². The van der Waals surface area contributed by atoms with Gasteiger partial charge in [0.1, 0.15) is 5.75 Å². The maximum absolute atomic E-state index is 15.0. The Morgan fingerprint density at radius 3 is 2.18 bits per heavy atom. The molecule has 7 heteroatoms. The van der Waals surface area contributed by atoms with Crippen LogP contribution in [0, 0.1) is 23.6 Å². The van der Waals surface area contributed by atoms with Crippen molar-refractivity contribution in [3.8, 4) is 17.2 Å². The number of rotatable bonds is 11. The van der Waals surface area contributed by atoms with E-state index in [-0.39, 0.29) is 48.8 Å². The summed E-state index contributed by atoms with van der Waals surface area (Å²) in [5.74, 6) is -1.76. The molecule has 0 amide bonds. The number of carbonyl (C=O) groups is 1. The zero-order chi connectivity index (χ0) is 28.0. The first-order valence-electron chi connectivity index (χ1n) is 14.6. The van der Waals surface area contributed by atoms with E-state index >= 15 is 8.78 Å². The van der Waals surface area contributed by atoms with Gasteiger partial charge >= 0.3 is 6.11 Å². The third-order valence-electron chi connectivity index (χ3n) is 8.63. The van der Waals surface area contributed by atoms with E-state index in [1.165, 1.54) is 43.4 Å². The van der Waals surface area contributed by atoms with Crippen LogP contribution in [0.5, 0.6) is 17.2 Å². The summed E-state index contributed by atoms with van der Waals surface area (Å²) in [7, 11) is 0. The Balaban J connectivity index is 1.27. The van der Waals surface area contributed by atoms with Crippen molar-refractivity contribution in [2.75, 3.05) is 6.61 Å². The number of hydrogen-bond acceptors (Lipinski definition) is 4. The van der Waals surface area contributed by atoms with Crippen LogP contribution < -0.4 is 9.47 Å². The molecule has 0 spiro atoms. The fraction of sp³-hybridized carbons (Fsp3) is 0.594. The van der Waals surface area contributed by atoms with Gasteiger partial charge in [-0.3, -0.25) is 4.79 Å². The van der Waals surface area contributed by atoms with Gasteiger partial charge in [-0.05, 0) is 106 Å². The highest BCUT2D eigenvalue weighted by molar-refractivity contribution is 5.99. The molecule has 0 heterocycles. The van der Waals surface area contributed by atoms with Crippen molar-refractivity contribution in [3.05, 3.63) is 53.3 Å². The number of Topliss-reactive ketones (excluding diaryl/α,β-unsaturated/α-hetero) is 1. The van der Waals surface area contributed by atoms with E-state index in [0.29, 0.717) is 18.8 Å². The molecule has 0 radical (unpaired) electrons. The van der Waals surface area contributed by atoms with Crippen LogP contribution in [0.25, 0.3) is 0 Å². The minimum atomic E-state index is -3.30. The predicted molar refractivity (Wildman–Crippen MR) is 145 cm³/mol. The number of aromatic hydroxyl groups is 1. The molecular formula is C32H41F3O4. The van der Waals surface area contributed by atoms with Crippen LogP contribution in [0.4, 0.5) is 13.2 Å². The fourth-order valence-electron chi connectivity index (χ4n) is 6.35. The smallest absolute Gasteiger partial charge is 0.400 e. The first-order valence-corrected chi connectivity index (χ1v) is 14.6. The van der Waals surface area contributed by atoms with Crippen LogP contribution in [-0.2, 0) is 0 Å². The van der Waals surface area contributed by atoms with Crippen LogP contribution in [0.15, 0.2) is 36.4 Å². The molecule has 214 valence electrons. The van der Waals surface area contributed by atoms with E-state index in [2.05, 4.69) is 6.92 Å². The number of hydrogen-bond donors (Lipinski definition) is 1. The van der Waals surface area contributed by atoms with Gasteiger partial charge in [-0.2, -0.15) is 13.2 Å². The second kappa shape index (κ2) is 13.1. The number of halogens is 3. The van der Waals surface area contributed by atoms with Gasteiger partial charge in [-0.15, -0.1) is 0 Å².